The zero-order chi connectivity index (χ0) is 8.48. The van der Waals surface area contributed by atoms with Crippen LogP contribution < -0.4 is 5.73 Å². The SMILES string of the molecule is CS(C)(S)c1cnc(N)nc1. The molecule has 0 amide bonds. The molecule has 1 aromatic heterocycles. The van der Waals surface area contributed by atoms with Crippen molar-refractivity contribution in [1.82, 2.24) is 9.97 Å². The summed E-state index contributed by atoms with van der Waals surface area (Å²) in [5.74, 6) is 0.311. The Kier molecular flexibility index (Phi) is 2.29. The minimum Gasteiger partial charge on any atom is -0.368 e. The summed E-state index contributed by atoms with van der Waals surface area (Å²) in [6, 6.07) is 0. The van der Waals surface area contributed by atoms with Gasteiger partial charge >= 0.3 is 0 Å². The van der Waals surface area contributed by atoms with Crippen molar-refractivity contribution in [2.45, 2.75) is 4.90 Å². The summed E-state index contributed by atoms with van der Waals surface area (Å²) in [7, 11) is -1.01. The first kappa shape index (κ1) is 8.67. The highest BCUT2D eigenvalue weighted by Crippen LogP contribution is 2.52. The molecule has 0 saturated heterocycles. The van der Waals surface area contributed by atoms with E-state index in [2.05, 4.69) is 34.1 Å². The molecule has 1 heterocycles. The predicted molar refractivity (Wildman–Crippen MR) is 53.1 cm³/mol. The number of hydrogen-bond donors (Lipinski definition) is 2. The van der Waals surface area contributed by atoms with Crippen LogP contribution in [-0.2, 0) is 0 Å². The fraction of sp³-hybridized carbons (Fsp3) is 0.333. The average molecular weight is 189 g/mol. The van der Waals surface area contributed by atoms with E-state index in [1.807, 2.05) is 0 Å². The van der Waals surface area contributed by atoms with Gasteiger partial charge in [-0.25, -0.2) is 9.97 Å². The van der Waals surface area contributed by atoms with Gasteiger partial charge in [-0.05, 0) is 12.5 Å². The molecule has 11 heavy (non-hydrogen) atoms. The van der Waals surface area contributed by atoms with Gasteiger partial charge < -0.3 is 5.73 Å². The average Bonchev–Trinajstić information content (AvgIpc) is 1.86. The number of nitrogen functional groups attached to an aromatic ring is 1. The molecule has 0 saturated carbocycles. The molecule has 0 aliphatic heterocycles. The van der Waals surface area contributed by atoms with Crippen molar-refractivity contribution in [1.29, 1.82) is 0 Å². The van der Waals surface area contributed by atoms with Crippen LogP contribution in [0.25, 0.3) is 0 Å². The summed E-state index contributed by atoms with van der Waals surface area (Å²) in [6.07, 6.45) is 7.57. The standard InChI is InChI=1S/C6H11N3S2/c1-11(2,10)5-3-8-6(7)9-4-5/h3-4,10H,1-2H3,(H2,7,8,9). The van der Waals surface area contributed by atoms with Gasteiger partial charge in [0.25, 0.3) is 0 Å². The van der Waals surface area contributed by atoms with E-state index >= 15 is 0 Å². The first-order valence-corrected chi connectivity index (χ1v) is 6.53. The monoisotopic (exact) mass is 189 g/mol. The molecule has 0 radical (unpaired) electrons. The number of nitrogens with zero attached hydrogens (tertiary/aromatic N) is 2. The van der Waals surface area contributed by atoms with Crippen molar-refractivity contribution in [3.05, 3.63) is 12.4 Å². The molecule has 0 spiro atoms. The van der Waals surface area contributed by atoms with Crippen molar-refractivity contribution >= 4 is 26.7 Å². The maximum Gasteiger partial charge on any atom is 0.219 e. The second kappa shape index (κ2) is 2.91. The van der Waals surface area contributed by atoms with Crippen molar-refractivity contribution in [2.75, 3.05) is 18.2 Å². The van der Waals surface area contributed by atoms with Crippen LogP contribution in [0.3, 0.4) is 0 Å². The fourth-order valence-corrected chi connectivity index (χ4v) is 1.49. The summed E-state index contributed by atoms with van der Waals surface area (Å²) >= 11 is 4.44. The van der Waals surface area contributed by atoms with Crippen LogP contribution >= 0.6 is 20.7 Å². The molecule has 0 bridgehead atoms. The Labute approximate surface area is 72.6 Å². The number of aromatic nitrogens is 2. The summed E-state index contributed by atoms with van der Waals surface area (Å²) in [5.41, 5.74) is 5.33. The van der Waals surface area contributed by atoms with E-state index in [0.717, 1.165) is 4.90 Å². The van der Waals surface area contributed by atoms with Gasteiger partial charge in [0.1, 0.15) is 0 Å². The quantitative estimate of drug-likeness (QED) is 0.517. The van der Waals surface area contributed by atoms with E-state index in [0.29, 0.717) is 5.95 Å². The summed E-state index contributed by atoms with van der Waals surface area (Å²) < 4.78 is 0. The molecule has 0 fully saturated rings. The second-order valence-corrected chi connectivity index (χ2v) is 8.31. The van der Waals surface area contributed by atoms with Crippen LogP contribution in [-0.4, -0.2) is 22.5 Å². The Morgan fingerprint density at radius 3 is 2.18 bits per heavy atom. The highest BCUT2D eigenvalue weighted by molar-refractivity contribution is 8.87. The van der Waals surface area contributed by atoms with Gasteiger partial charge in [0, 0.05) is 17.3 Å². The molecule has 0 aromatic carbocycles. The van der Waals surface area contributed by atoms with Gasteiger partial charge in [0.2, 0.25) is 5.95 Å². The van der Waals surface area contributed by atoms with Crippen molar-refractivity contribution < 1.29 is 0 Å². The van der Waals surface area contributed by atoms with Gasteiger partial charge in [-0.1, -0.05) is 0 Å². The number of nitrogens with two attached hydrogens (primary N) is 1. The first-order chi connectivity index (χ1) is 5.00. The lowest BCUT2D eigenvalue weighted by molar-refractivity contribution is 1.11. The van der Waals surface area contributed by atoms with Crippen LogP contribution in [0.5, 0.6) is 0 Å². The molecule has 1 aromatic rings. The molecular weight excluding hydrogens is 178 g/mol. The maximum atomic E-state index is 5.33. The molecule has 3 nitrogen and oxygen atoms in total. The number of hydrogen-bond acceptors (Lipinski definition) is 4. The van der Waals surface area contributed by atoms with E-state index < -0.39 is 9.06 Å². The Morgan fingerprint density at radius 1 is 1.36 bits per heavy atom. The summed E-state index contributed by atoms with van der Waals surface area (Å²) in [4.78, 5) is 8.82. The second-order valence-electron chi connectivity index (χ2n) is 2.55. The van der Waals surface area contributed by atoms with Crippen LogP contribution in [0.4, 0.5) is 5.95 Å². The Morgan fingerprint density at radius 2 is 1.82 bits per heavy atom. The zero-order valence-electron chi connectivity index (χ0n) is 6.48. The Hall–Kier alpha value is -0.420. The Balaban J connectivity index is 2.99. The van der Waals surface area contributed by atoms with Gasteiger partial charge in [0.05, 0.1) is 0 Å². The Bertz CT molecular complexity index is 239. The van der Waals surface area contributed by atoms with Crippen molar-refractivity contribution in [3.63, 3.8) is 0 Å². The van der Waals surface area contributed by atoms with Crippen LogP contribution in [0.2, 0.25) is 0 Å². The normalized spacial score (nSPS) is 13.0. The van der Waals surface area contributed by atoms with E-state index in [9.17, 15) is 0 Å². The maximum absolute atomic E-state index is 5.33. The van der Waals surface area contributed by atoms with Gasteiger partial charge in [-0.2, -0.15) is 9.06 Å². The number of thiol groups is 1. The topological polar surface area (TPSA) is 51.8 Å². The molecule has 5 heteroatoms. The lowest BCUT2D eigenvalue weighted by Gasteiger charge is -2.22. The van der Waals surface area contributed by atoms with Crippen molar-refractivity contribution in [3.8, 4) is 0 Å². The number of rotatable bonds is 1. The van der Waals surface area contributed by atoms with E-state index in [-0.39, 0.29) is 0 Å². The van der Waals surface area contributed by atoms with Crippen LogP contribution in [0, 0.1) is 0 Å². The van der Waals surface area contributed by atoms with Crippen molar-refractivity contribution in [2.24, 2.45) is 0 Å². The van der Waals surface area contributed by atoms with Gasteiger partial charge in [0.15, 0.2) is 0 Å². The molecule has 62 valence electrons. The molecular formula is C6H11N3S2. The van der Waals surface area contributed by atoms with E-state index in [4.69, 9.17) is 5.73 Å². The van der Waals surface area contributed by atoms with Crippen LogP contribution in [0.1, 0.15) is 0 Å². The molecule has 0 unspecified atom stereocenters. The lowest BCUT2D eigenvalue weighted by atomic mass is 10.7. The largest absolute Gasteiger partial charge is 0.368 e. The predicted octanol–water partition coefficient (Wildman–Crippen LogP) is 1.33. The summed E-state index contributed by atoms with van der Waals surface area (Å²) in [5, 5.41) is 0. The third-order valence-corrected chi connectivity index (χ3v) is 3.22. The van der Waals surface area contributed by atoms with Gasteiger partial charge in [-0.15, -0.1) is 11.7 Å². The molecule has 2 N–H and O–H groups in total. The highest BCUT2D eigenvalue weighted by atomic mass is 33.1. The van der Waals surface area contributed by atoms with Gasteiger partial charge in [-0.3, -0.25) is 0 Å². The summed E-state index contributed by atoms with van der Waals surface area (Å²) in [6.45, 7) is 0. The van der Waals surface area contributed by atoms with Crippen LogP contribution in [0.15, 0.2) is 17.3 Å². The third kappa shape index (κ3) is 2.27. The minimum atomic E-state index is -1.01. The molecule has 0 aliphatic rings. The molecule has 1 rings (SSSR count). The highest BCUT2D eigenvalue weighted by Gasteiger charge is 2.08. The zero-order valence-corrected chi connectivity index (χ0v) is 8.19. The fourth-order valence-electron chi connectivity index (χ4n) is 0.584. The lowest BCUT2D eigenvalue weighted by Crippen LogP contribution is -1.96. The molecule has 0 atom stereocenters. The third-order valence-electron chi connectivity index (χ3n) is 1.22. The van der Waals surface area contributed by atoms with E-state index in [1.54, 1.807) is 12.4 Å². The molecule has 0 aliphatic carbocycles. The first-order valence-electron chi connectivity index (χ1n) is 3.03. The smallest absolute Gasteiger partial charge is 0.219 e. The van der Waals surface area contributed by atoms with E-state index in [1.165, 1.54) is 0 Å². The number of anilines is 1. The minimum absolute atomic E-state index is 0.311.